The van der Waals surface area contributed by atoms with E-state index in [4.69, 9.17) is 4.74 Å². The van der Waals surface area contributed by atoms with Gasteiger partial charge < -0.3 is 4.74 Å². The van der Waals surface area contributed by atoms with Crippen molar-refractivity contribution in [3.63, 3.8) is 0 Å². The van der Waals surface area contributed by atoms with Crippen molar-refractivity contribution in [2.45, 2.75) is 59.3 Å². The van der Waals surface area contributed by atoms with Gasteiger partial charge in [-0.25, -0.2) is 0 Å². The first kappa shape index (κ1) is 17.2. The number of rotatable bonds is 4. The predicted molar refractivity (Wildman–Crippen MR) is 81.5 cm³/mol. The average Bonchev–Trinajstić information content (AvgIpc) is 2.11. The van der Waals surface area contributed by atoms with Crippen LogP contribution in [0.15, 0.2) is 0 Å². The van der Waals surface area contributed by atoms with Gasteiger partial charge in [0, 0.05) is 3.92 Å². The molecule has 17 heavy (non-hydrogen) atoms. The lowest BCUT2D eigenvalue weighted by molar-refractivity contribution is -0.166. The maximum atomic E-state index is 12.2. The van der Waals surface area contributed by atoms with Crippen LogP contribution in [-0.2, 0) is 9.53 Å². The highest BCUT2D eigenvalue weighted by Gasteiger charge is 2.50. The fraction of sp³-hybridized carbons (Fsp3) is 0.929. The Labute approximate surface area is 120 Å². The summed E-state index contributed by atoms with van der Waals surface area (Å²) in [4.78, 5) is 12.2. The van der Waals surface area contributed by atoms with Crippen LogP contribution in [0.5, 0.6) is 0 Å². The third kappa shape index (κ3) is 3.83. The lowest BCUT2D eigenvalue weighted by Crippen LogP contribution is -2.48. The van der Waals surface area contributed by atoms with Crippen LogP contribution in [0.25, 0.3) is 0 Å². The van der Waals surface area contributed by atoms with Crippen molar-refractivity contribution < 1.29 is 9.53 Å². The Bertz CT molecular complexity index is 272. The van der Waals surface area contributed by atoms with Gasteiger partial charge in [0.2, 0.25) is 0 Å². The molecule has 0 aliphatic carbocycles. The molecule has 0 N–H and O–H groups in total. The molecule has 0 aliphatic rings. The minimum Gasteiger partial charge on any atom is -0.464 e. The molecule has 0 aromatic carbocycles. The summed E-state index contributed by atoms with van der Waals surface area (Å²) in [6.45, 7) is 17.3. The third-order valence-corrected chi connectivity index (χ3v) is 4.75. The number of halogens is 1. The highest BCUT2D eigenvalue weighted by molar-refractivity contribution is 14.1. The summed E-state index contributed by atoms with van der Waals surface area (Å²) in [5.74, 6) is -0.0964. The molecule has 0 aliphatic heterocycles. The summed E-state index contributed by atoms with van der Waals surface area (Å²) in [6, 6.07) is 0. The van der Waals surface area contributed by atoms with Crippen LogP contribution in [0.2, 0.25) is 0 Å². The topological polar surface area (TPSA) is 26.3 Å². The molecule has 1 atom stereocenters. The van der Waals surface area contributed by atoms with Crippen LogP contribution in [0.4, 0.5) is 0 Å². The van der Waals surface area contributed by atoms with E-state index in [1.54, 1.807) is 0 Å². The number of alkyl halides is 1. The molecule has 0 amide bonds. The third-order valence-electron chi connectivity index (χ3n) is 4.39. The van der Waals surface area contributed by atoms with Crippen molar-refractivity contribution in [3.8, 4) is 0 Å². The minimum absolute atomic E-state index is 0.0471. The quantitative estimate of drug-likeness (QED) is 0.424. The molecule has 0 spiro atoms. The van der Waals surface area contributed by atoms with Crippen LogP contribution >= 0.6 is 22.6 Å². The number of carbonyl (C=O) groups excluding carboxylic acids is 1. The zero-order valence-corrected chi connectivity index (χ0v) is 14.6. The minimum atomic E-state index is -0.489. The highest BCUT2D eigenvalue weighted by atomic mass is 127. The Hall–Kier alpha value is 0.200. The van der Waals surface area contributed by atoms with Crippen LogP contribution < -0.4 is 0 Å². The lowest BCUT2D eigenvalue weighted by Gasteiger charge is -2.48. The van der Waals surface area contributed by atoms with E-state index in [-0.39, 0.29) is 16.8 Å². The highest BCUT2D eigenvalue weighted by Crippen LogP contribution is 2.51. The van der Waals surface area contributed by atoms with E-state index in [1.807, 2.05) is 20.8 Å². The maximum absolute atomic E-state index is 12.2. The SMILES string of the molecule is CC(I)COC(=O)C(C)(C)C(C)(C)C(C)(C)C. The predicted octanol–water partition coefficient (Wildman–Crippen LogP) is 4.45. The van der Waals surface area contributed by atoms with Gasteiger partial charge in [-0.15, -0.1) is 0 Å². The van der Waals surface area contributed by atoms with E-state index in [9.17, 15) is 4.79 Å². The zero-order valence-electron chi connectivity index (χ0n) is 12.5. The number of ether oxygens (including phenoxy) is 1. The number of hydrogen-bond acceptors (Lipinski definition) is 2. The van der Waals surface area contributed by atoms with E-state index in [0.29, 0.717) is 10.5 Å². The van der Waals surface area contributed by atoms with Gasteiger partial charge in [-0.3, -0.25) is 4.79 Å². The molecule has 0 saturated heterocycles. The molecule has 0 radical (unpaired) electrons. The molecule has 0 saturated carbocycles. The smallest absolute Gasteiger partial charge is 0.312 e. The summed E-state index contributed by atoms with van der Waals surface area (Å²) in [5, 5.41) is 0. The van der Waals surface area contributed by atoms with Gasteiger partial charge >= 0.3 is 5.97 Å². The lowest BCUT2D eigenvalue weighted by atomic mass is 9.55. The number of carbonyl (C=O) groups is 1. The van der Waals surface area contributed by atoms with Crippen LogP contribution in [0, 0.1) is 16.2 Å². The summed E-state index contributed by atoms with van der Waals surface area (Å²) >= 11 is 2.26. The second-order valence-electron chi connectivity index (χ2n) is 6.88. The Morgan fingerprint density at radius 1 is 1.12 bits per heavy atom. The van der Waals surface area contributed by atoms with E-state index in [0.717, 1.165) is 0 Å². The van der Waals surface area contributed by atoms with Crippen LogP contribution in [0.1, 0.15) is 55.4 Å². The van der Waals surface area contributed by atoms with Crippen molar-refractivity contribution in [3.05, 3.63) is 0 Å². The Balaban J connectivity index is 4.94. The summed E-state index contributed by atoms with van der Waals surface area (Å²) < 4.78 is 5.76. The molecule has 0 fully saturated rings. The van der Waals surface area contributed by atoms with Gasteiger partial charge in [0.15, 0.2) is 0 Å². The Kier molecular flexibility index (Phi) is 5.52. The van der Waals surface area contributed by atoms with Crippen molar-refractivity contribution in [2.75, 3.05) is 6.61 Å². The van der Waals surface area contributed by atoms with E-state index in [2.05, 4.69) is 57.2 Å². The van der Waals surface area contributed by atoms with Crippen molar-refractivity contribution in [1.29, 1.82) is 0 Å². The molecule has 2 nitrogen and oxygen atoms in total. The number of hydrogen-bond donors (Lipinski definition) is 0. The van der Waals surface area contributed by atoms with Crippen LogP contribution in [0.3, 0.4) is 0 Å². The summed E-state index contributed by atoms with van der Waals surface area (Å²) in [5.41, 5.74) is -0.576. The first-order valence-corrected chi connectivity index (χ1v) is 7.40. The maximum Gasteiger partial charge on any atom is 0.312 e. The van der Waals surface area contributed by atoms with Gasteiger partial charge in [-0.2, -0.15) is 0 Å². The van der Waals surface area contributed by atoms with Crippen molar-refractivity contribution >= 4 is 28.6 Å². The van der Waals surface area contributed by atoms with Crippen molar-refractivity contribution in [2.24, 2.45) is 16.2 Å². The number of esters is 1. The molecule has 102 valence electrons. The monoisotopic (exact) mass is 354 g/mol. The Morgan fingerprint density at radius 3 is 1.82 bits per heavy atom. The molecule has 0 aromatic heterocycles. The largest absolute Gasteiger partial charge is 0.464 e. The first-order chi connectivity index (χ1) is 7.34. The molecular weight excluding hydrogens is 327 g/mol. The summed E-state index contributed by atoms with van der Waals surface area (Å²) in [6.07, 6.45) is 0. The summed E-state index contributed by atoms with van der Waals surface area (Å²) in [7, 11) is 0. The van der Waals surface area contributed by atoms with Crippen molar-refractivity contribution in [1.82, 2.24) is 0 Å². The molecule has 0 heterocycles. The molecule has 0 aromatic rings. The molecule has 0 rings (SSSR count). The fourth-order valence-corrected chi connectivity index (χ4v) is 1.74. The molecule has 0 bridgehead atoms. The van der Waals surface area contributed by atoms with E-state index < -0.39 is 5.41 Å². The second kappa shape index (κ2) is 5.45. The van der Waals surface area contributed by atoms with E-state index in [1.165, 1.54) is 0 Å². The Morgan fingerprint density at radius 2 is 1.53 bits per heavy atom. The average molecular weight is 354 g/mol. The zero-order chi connectivity index (χ0) is 14.1. The first-order valence-electron chi connectivity index (χ1n) is 6.15. The second-order valence-corrected chi connectivity index (χ2v) is 9.01. The van der Waals surface area contributed by atoms with Gasteiger partial charge in [-0.05, 0) is 24.7 Å². The van der Waals surface area contributed by atoms with Gasteiger partial charge in [0.25, 0.3) is 0 Å². The van der Waals surface area contributed by atoms with Gasteiger partial charge in [-0.1, -0.05) is 64.1 Å². The van der Waals surface area contributed by atoms with Gasteiger partial charge in [0.1, 0.15) is 6.61 Å². The molecule has 3 heteroatoms. The molecular formula is C14H27IO2. The van der Waals surface area contributed by atoms with Gasteiger partial charge in [0.05, 0.1) is 5.41 Å². The fourth-order valence-electron chi connectivity index (χ4n) is 1.56. The van der Waals surface area contributed by atoms with Crippen LogP contribution in [-0.4, -0.2) is 16.5 Å². The normalized spacial score (nSPS) is 15.6. The van der Waals surface area contributed by atoms with E-state index >= 15 is 0 Å². The standard InChI is InChI=1S/C14H27IO2/c1-10(15)9-17-11(16)13(5,6)14(7,8)12(2,3)4/h10H,9H2,1-8H3. The molecule has 1 unspecified atom stereocenters.